The Kier molecular flexibility index (Phi) is 7.58. The summed E-state index contributed by atoms with van der Waals surface area (Å²) in [6.45, 7) is 4.10. The van der Waals surface area contributed by atoms with Gasteiger partial charge in [-0.1, -0.05) is 37.3 Å². The van der Waals surface area contributed by atoms with E-state index in [2.05, 4.69) is 18.8 Å². The fraction of sp³-hybridized carbons (Fsp3) is 0.318. The summed E-state index contributed by atoms with van der Waals surface area (Å²) in [4.78, 5) is 30.4. The van der Waals surface area contributed by atoms with Crippen LogP contribution >= 0.6 is 23.1 Å². The number of methoxy groups -OCH3 is 1. The zero-order valence-corrected chi connectivity index (χ0v) is 20.6. The number of thioether (sulfide) groups is 1. The third-order valence-electron chi connectivity index (χ3n) is 4.47. The number of hydrogen-bond acceptors (Lipinski definition) is 7. The molecule has 3 aromatic rings. The summed E-state index contributed by atoms with van der Waals surface area (Å²) in [6, 6.07) is 12.4. The van der Waals surface area contributed by atoms with Crippen molar-refractivity contribution >= 4 is 55.0 Å². The van der Waals surface area contributed by atoms with E-state index in [-0.39, 0.29) is 23.8 Å². The van der Waals surface area contributed by atoms with E-state index in [1.165, 1.54) is 19.2 Å². The number of hydrogen-bond donors (Lipinski definition) is 0. The maximum absolute atomic E-state index is 12.7. The van der Waals surface area contributed by atoms with E-state index in [4.69, 9.17) is 4.74 Å². The first-order valence-corrected chi connectivity index (χ1v) is 13.4. The molecule has 0 N–H and O–H groups in total. The summed E-state index contributed by atoms with van der Waals surface area (Å²) in [6.07, 6.45) is 1.25. The topological polar surface area (TPSA) is 94.8 Å². The molecule has 1 amide bonds. The molecule has 0 unspecified atom stereocenters. The summed E-state index contributed by atoms with van der Waals surface area (Å²) in [5.41, 5.74) is 1.45. The molecule has 3 rings (SSSR count). The van der Waals surface area contributed by atoms with Crippen molar-refractivity contribution in [2.24, 2.45) is 4.99 Å². The minimum absolute atomic E-state index is 0.119. The highest BCUT2D eigenvalue weighted by Gasteiger charge is 2.15. The molecule has 32 heavy (non-hydrogen) atoms. The Balaban J connectivity index is 1.96. The van der Waals surface area contributed by atoms with Gasteiger partial charge in [0.15, 0.2) is 14.6 Å². The molecule has 1 heterocycles. The van der Waals surface area contributed by atoms with Crippen molar-refractivity contribution < 1.29 is 22.7 Å². The monoisotopic (exact) mass is 492 g/mol. The van der Waals surface area contributed by atoms with Crippen molar-refractivity contribution in [1.82, 2.24) is 4.57 Å². The quantitative estimate of drug-likeness (QED) is 0.370. The zero-order chi connectivity index (χ0) is 23.5. The Hall–Kier alpha value is -2.43. The molecule has 0 saturated heterocycles. The Morgan fingerprint density at radius 1 is 1.16 bits per heavy atom. The maximum Gasteiger partial charge on any atom is 0.325 e. The lowest BCUT2D eigenvalue weighted by Crippen LogP contribution is -2.22. The molecule has 2 aromatic carbocycles. The third kappa shape index (κ3) is 6.08. The molecule has 0 radical (unpaired) electrons. The lowest BCUT2D eigenvalue weighted by Gasteiger charge is -2.05. The van der Waals surface area contributed by atoms with Crippen molar-refractivity contribution in [1.29, 1.82) is 0 Å². The normalized spacial score (nSPS) is 12.5. The lowest BCUT2D eigenvalue weighted by molar-refractivity contribution is -0.141. The molecule has 0 fully saturated rings. The lowest BCUT2D eigenvalue weighted by atomic mass is 10.1. The van der Waals surface area contributed by atoms with Crippen LogP contribution in [0.2, 0.25) is 0 Å². The van der Waals surface area contributed by atoms with E-state index in [0.717, 1.165) is 28.1 Å². The van der Waals surface area contributed by atoms with Gasteiger partial charge in [-0.2, -0.15) is 4.99 Å². The van der Waals surface area contributed by atoms with Gasteiger partial charge >= 0.3 is 5.97 Å². The highest BCUT2D eigenvalue weighted by molar-refractivity contribution is 7.99. The SMILES string of the molecule is COC(=O)Cn1c(=NC(=O)Cc2ccc(SC(C)C)cc2)sc2cc(S(C)(=O)=O)ccc21. The van der Waals surface area contributed by atoms with Gasteiger partial charge in [0.25, 0.3) is 5.91 Å². The largest absolute Gasteiger partial charge is 0.468 e. The van der Waals surface area contributed by atoms with Gasteiger partial charge in [0.1, 0.15) is 6.54 Å². The van der Waals surface area contributed by atoms with Gasteiger partial charge in [-0.3, -0.25) is 9.59 Å². The number of carbonyl (C=O) groups excluding carboxylic acids is 2. The van der Waals surface area contributed by atoms with Crippen LogP contribution in [0.4, 0.5) is 0 Å². The van der Waals surface area contributed by atoms with Crippen LogP contribution in [-0.2, 0) is 37.1 Å². The second kappa shape index (κ2) is 10.0. The number of rotatable bonds is 7. The van der Waals surface area contributed by atoms with E-state index in [1.807, 2.05) is 24.3 Å². The highest BCUT2D eigenvalue weighted by atomic mass is 32.2. The van der Waals surface area contributed by atoms with Crippen LogP contribution in [0, 0.1) is 0 Å². The van der Waals surface area contributed by atoms with Gasteiger partial charge < -0.3 is 9.30 Å². The van der Waals surface area contributed by atoms with E-state index in [0.29, 0.717) is 20.3 Å². The van der Waals surface area contributed by atoms with Crippen molar-refractivity contribution in [2.75, 3.05) is 13.4 Å². The number of fused-ring (bicyclic) bond motifs is 1. The van der Waals surface area contributed by atoms with Crippen molar-refractivity contribution in [2.45, 2.75) is 41.9 Å². The van der Waals surface area contributed by atoms with Crippen LogP contribution < -0.4 is 4.80 Å². The van der Waals surface area contributed by atoms with Crippen molar-refractivity contribution in [3.8, 4) is 0 Å². The number of ether oxygens (including phenoxy) is 1. The zero-order valence-electron chi connectivity index (χ0n) is 18.2. The molecule has 7 nitrogen and oxygen atoms in total. The van der Waals surface area contributed by atoms with Gasteiger partial charge in [0.2, 0.25) is 0 Å². The van der Waals surface area contributed by atoms with Crippen LogP contribution in [0.1, 0.15) is 19.4 Å². The number of benzene rings is 2. The summed E-state index contributed by atoms with van der Waals surface area (Å²) < 4.78 is 30.7. The molecule has 1 aromatic heterocycles. The van der Waals surface area contributed by atoms with Gasteiger partial charge in [0, 0.05) is 16.4 Å². The number of nitrogens with zero attached hydrogens (tertiary/aromatic N) is 2. The van der Waals surface area contributed by atoms with Gasteiger partial charge in [-0.05, 0) is 35.9 Å². The van der Waals surface area contributed by atoms with Gasteiger partial charge in [-0.25, -0.2) is 8.42 Å². The predicted octanol–water partition coefficient (Wildman–Crippen LogP) is 3.45. The molecular formula is C22H24N2O5S3. The number of esters is 1. The average Bonchev–Trinajstić information content (AvgIpc) is 3.04. The van der Waals surface area contributed by atoms with Crippen LogP contribution in [0.5, 0.6) is 0 Å². The molecular weight excluding hydrogens is 468 g/mol. The number of amides is 1. The fourth-order valence-electron chi connectivity index (χ4n) is 2.99. The number of carbonyl (C=O) groups is 2. The van der Waals surface area contributed by atoms with E-state index in [9.17, 15) is 18.0 Å². The molecule has 0 aliphatic carbocycles. The number of sulfone groups is 1. The van der Waals surface area contributed by atoms with Crippen LogP contribution in [-0.4, -0.2) is 43.5 Å². The Bertz CT molecular complexity index is 1320. The van der Waals surface area contributed by atoms with E-state index in [1.54, 1.807) is 22.4 Å². The van der Waals surface area contributed by atoms with Crippen LogP contribution in [0.25, 0.3) is 10.2 Å². The first kappa shape index (κ1) is 24.2. The molecule has 10 heteroatoms. The minimum atomic E-state index is -3.39. The molecule has 0 saturated carbocycles. The smallest absolute Gasteiger partial charge is 0.325 e. The van der Waals surface area contributed by atoms with E-state index >= 15 is 0 Å². The van der Waals surface area contributed by atoms with E-state index < -0.39 is 15.8 Å². The molecule has 170 valence electrons. The molecule has 0 bridgehead atoms. The standard InChI is InChI=1S/C22H24N2O5S3/c1-14(2)30-16-7-5-15(6-8-16)11-20(25)23-22-24(13-21(26)29-3)18-10-9-17(32(4,27)28)12-19(18)31-22/h5-10,12,14H,11,13H2,1-4H3. The number of thiazole rings is 1. The summed E-state index contributed by atoms with van der Waals surface area (Å²) in [7, 11) is -2.11. The Labute approximate surface area is 195 Å². The highest BCUT2D eigenvalue weighted by Crippen LogP contribution is 2.24. The van der Waals surface area contributed by atoms with Crippen LogP contribution in [0.15, 0.2) is 57.2 Å². The molecule has 0 aliphatic heterocycles. The first-order valence-electron chi connectivity index (χ1n) is 9.80. The molecule has 0 aliphatic rings. The molecule has 0 atom stereocenters. The van der Waals surface area contributed by atoms with Crippen LogP contribution in [0.3, 0.4) is 0 Å². The van der Waals surface area contributed by atoms with Gasteiger partial charge in [-0.15, -0.1) is 11.8 Å². The number of aromatic nitrogens is 1. The second-order valence-corrected chi connectivity index (χ2v) is 12.1. The summed E-state index contributed by atoms with van der Waals surface area (Å²) in [5, 5.41) is 0.471. The van der Waals surface area contributed by atoms with Crippen molar-refractivity contribution in [3.05, 3.63) is 52.8 Å². The minimum Gasteiger partial charge on any atom is -0.468 e. The first-order chi connectivity index (χ1) is 15.1. The molecule has 0 spiro atoms. The maximum atomic E-state index is 12.7. The summed E-state index contributed by atoms with van der Waals surface area (Å²) >= 11 is 2.90. The predicted molar refractivity (Wildman–Crippen MR) is 127 cm³/mol. The Morgan fingerprint density at radius 3 is 2.44 bits per heavy atom. The second-order valence-electron chi connectivity index (χ2n) is 7.44. The average molecular weight is 493 g/mol. The van der Waals surface area contributed by atoms with Crippen molar-refractivity contribution in [3.63, 3.8) is 0 Å². The fourth-order valence-corrected chi connectivity index (χ4v) is 5.64. The third-order valence-corrected chi connectivity index (χ3v) is 7.64. The van der Waals surface area contributed by atoms with Gasteiger partial charge in [0.05, 0.1) is 28.6 Å². The Morgan fingerprint density at radius 2 is 1.84 bits per heavy atom. The summed E-state index contributed by atoms with van der Waals surface area (Å²) in [5.74, 6) is -0.855.